The van der Waals surface area contributed by atoms with Gasteiger partial charge < -0.3 is 20.1 Å². The number of aromatic amines is 1. The van der Waals surface area contributed by atoms with Gasteiger partial charge >= 0.3 is 0 Å². The lowest BCUT2D eigenvalue weighted by Gasteiger charge is -2.36. The maximum atomic E-state index is 12.3. The van der Waals surface area contributed by atoms with Crippen molar-refractivity contribution in [3.63, 3.8) is 0 Å². The first-order chi connectivity index (χ1) is 13.6. The molecule has 2 aromatic heterocycles. The highest BCUT2D eigenvalue weighted by Crippen LogP contribution is 2.39. The molecule has 3 aliphatic rings. The van der Waals surface area contributed by atoms with Crippen LogP contribution in [0.4, 0.5) is 11.5 Å². The number of hydrogen-bond acceptors (Lipinski definition) is 5. The Morgan fingerprint density at radius 1 is 1.32 bits per heavy atom. The molecule has 2 aromatic rings. The largest absolute Gasteiger partial charge is 0.364 e. The van der Waals surface area contributed by atoms with Gasteiger partial charge in [0.05, 0.1) is 17.8 Å². The van der Waals surface area contributed by atoms with Crippen molar-refractivity contribution in [2.45, 2.75) is 44.2 Å². The average Bonchev–Trinajstić information content (AvgIpc) is 3.11. The number of nitrogens with zero attached hydrogens (tertiary/aromatic N) is 4. The van der Waals surface area contributed by atoms with E-state index < -0.39 is 0 Å². The average molecular weight is 378 g/mol. The van der Waals surface area contributed by atoms with Crippen molar-refractivity contribution in [2.75, 3.05) is 23.3 Å². The van der Waals surface area contributed by atoms with Gasteiger partial charge in [-0.15, -0.1) is 0 Å². The van der Waals surface area contributed by atoms with Crippen molar-refractivity contribution >= 4 is 34.4 Å². The van der Waals surface area contributed by atoms with Crippen molar-refractivity contribution in [1.29, 1.82) is 5.26 Å². The maximum Gasteiger partial charge on any atom is 0.228 e. The molecule has 2 amide bonds. The van der Waals surface area contributed by atoms with Crippen LogP contribution in [0.1, 0.15) is 32.1 Å². The molecule has 2 aliphatic heterocycles. The Morgan fingerprint density at radius 2 is 2.18 bits per heavy atom. The molecule has 0 aromatic carbocycles. The highest BCUT2D eigenvalue weighted by Gasteiger charge is 2.45. The molecule has 8 heteroatoms. The predicted molar refractivity (Wildman–Crippen MR) is 104 cm³/mol. The number of piperazine rings is 1. The Kier molecular flexibility index (Phi) is 3.97. The van der Waals surface area contributed by atoms with Crippen molar-refractivity contribution in [3.05, 3.63) is 18.3 Å². The molecule has 2 N–H and O–H groups in total. The van der Waals surface area contributed by atoms with Crippen LogP contribution in [0.3, 0.4) is 0 Å². The molecule has 28 heavy (non-hydrogen) atoms. The van der Waals surface area contributed by atoms with E-state index in [1.54, 1.807) is 0 Å². The third kappa shape index (κ3) is 2.87. The van der Waals surface area contributed by atoms with Gasteiger partial charge in [0.1, 0.15) is 11.5 Å². The van der Waals surface area contributed by atoms with Crippen molar-refractivity contribution in [3.8, 4) is 6.07 Å². The smallest absolute Gasteiger partial charge is 0.228 e. The van der Waals surface area contributed by atoms with Crippen LogP contribution >= 0.6 is 0 Å². The summed E-state index contributed by atoms with van der Waals surface area (Å²) in [5.41, 5.74) is 1.81. The van der Waals surface area contributed by atoms with E-state index in [0.717, 1.165) is 42.5 Å². The molecule has 0 spiro atoms. The van der Waals surface area contributed by atoms with Crippen LogP contribution in [0.25, 0.3) is 11.0 Å². The number of aromatic nitrogens is 2. The first kappa shape index (κ1) is 17.0. The lowest BCUT2D eigenvalue weighted by Crippen LogP contribution is -2.48. The highest BCUT2D eigenvalue weighted by atomic mass is 16.2. The number of nitriles is 1. The number of H-pyrrole nitrogens is 1. The molecular weight excluding hydrogens is 356 g/mol. The van der Waals surface area contributed by atoms with E-state index in [0.29, 0.717) is 18.8 Å². The number of hydrogen-bond donors (Lipinski definition) is 2. The highest BCUT2D eigenvalue weighted by molar-refractivity contribution is 5.98. The number of anilines is 2. The number of likely N-dealkylation sites (tertiary alicyclic amines) is 1. The summed E-state index contributed by atoms with van der Waals surface area (Å²) in [6, 6.07) is 6.45. The summed E-state index contributed by atoms with van der Waals surface area (Å²) in [7, 11) is 0. The topological polar surface area (TPSA) is 105 Å². The molecule has 0 radical (unpaired) electrons. The van der Waals surface area contributed by atoms with Crippen molar-refractivity contribution in [2.24, 2.45) is 5.92 Å². The van der Waals surface area contributed by atoms with Crippen LogP contribution in [-0.2, 0) is 9.59 Å². The summed E-state index contributed by atoms with van der Waals surface area (Å²) in [5, 5.41) is 12.7. The molecule has 2 saturated heterocycles. The number of fused-ring (bicyclic) bond motifs is 3. The first-order valence-corrected chi connectivity index (χ1v) is 9.86. The molecule has 1 aliphatic carbocycles. The van der Waals surface area contributed by atoms with Crippen LogP contribution in [0.5, 0.6) is 0 Å². The lowest BCUT2D eigenvalue weighted by atomic mass is 10.2. The Hall–Kier alpha value is -3.08. The van der Waals surface area contributed by atoms with Gasteiger partial charge in [0, 0.05) is 55.5 Å². The van der Waals surface area contributed by atoms with E-state index in [2.05, 4.69) is 20.2 Å². The second-order valence-electron chi connectivity index (χ2n) is 7.93. The Bertz CT molecular complexity index is 988. The van der Waals surface area contributed by atoms with Crippen molar-refractivity contribution in [1.82, 2.24) is 14.9 Å². The van der Waals surface area contributed by atoms with E-state index >= 15 is 0 Å². The molecule has 4 heterocycles. The minimum absolute atomic E-state index is 0.0431. The van der Waals surface area contributed by atoms with Gasteiger partial charge in [-0.05, 0) is 25.3 Å². The van der Waals surface area contributed by atoms with Crippen LogP contribution < -0.4 is 10.2 Å². The number of amides is 2. The summed E-state index contributed by atoms with van der Waals surface area (Å²) >= 11 is 0. The van der Waals surface area contributed by atoms with Crippen LogP contribution in [0.15, 0.2) is 18.3 Å². The van der Waals surface area contributed by atoms with Crippen LogP contribution in [0.2, 0.25) is 0 Å². The van der Waals surface area contributed by atoms with Crippen molar-refractivity contribution < 1.29 is 9.59 Å². The standard InChI is InChI=1S/C20H22N6O2/c21-6-1-2-18(27)26-11-13-8-14(26)10-25(13)16-9-17(24-20(28)12-3-4-12)23-19-15(16)5-7-22-19/h5,7,9,12-14H,1-4,8,10-11H2,(H2,22,23,24,28)/t13-,14-/m0/s1. The molecule has 5 rings (SSSR count). The zero-order valence-corrected chi connectivity index (χ0v) is 15.5. The fourth-order valence-corrected chi connectivity index (χ4v) is 4.47. The summed E-state index contributed by atoms with van der Waals surface area (Å²) in [5.74, 6) is 0.820. The van der Waals surface area contributed by atoms with E-state index in [-0.39, 0.29) is 36.2 Å². The van der Waals surface area contributed by atoms with Crippen LogP contribution in [-0.4, -0.2) is 51.9 Å². The summed E-state index contributed by atoms with van der Waals surface area (Å²) in [6.45, 7) is 1.45. The van der Waals surface area contributed by atoms with Gasteiger partial charge in [-0.25, -0.2) is 4.98 Å². The normalized spacial score (nSPS) is 23.2. The molecule has 8 nitrogen and oxygen atoms in total. The van der Waals surface area contributed by atoms with Gasteiger partial charge in [0.15, 0.2) is 0 Å². The third-order valence-electron chi connectivity index (χ3n) is 6.03. The zero-order chi connectivity index (χ0) is 19.3. The molecular formula is C20H22N6O2. The minimum atomic E-state index is 0.0431. The molecule has 1 saturated carbocycles. The SMILES string of the molecule is N#CCCC(=O)N1C[C@@H]2C[C@H]1CN2c1cc(NC(=O)C2CC2)nc2[nH]ccc12. The molecule has 144 valence electrons. The fourth-order valence-electron chi connectivity index (χ4n) is 4.47. The summed E-state index contributed by atoms with van der Waals surface area (Å²) in [4.78, 5) is 36.5. The Balaban J connectivity index is 1.38. The van der Waals surface area contributed by atoms with Crippen LogP contribution in [0, 0.1) is 17.2 Å². The van der Waals surface area contributed by atoms with Gasteiger partial charge in [-0.1, -0.05) is 0 Å². The predicted octanol–water partition coefficient (Wildman–Crippen LogP) is 2.00. The van der Waals surface area contributed by atoms with Gasteiger partial charge in [-0.3, -0.25) is 9.59 Å². The number of rotatable bonds is 5. The number of carbonyl (C=O) groups excluding carboxylic acids is 2. The second-order valence-corrected chi connectivity index (χ2v) is 7.93. The maximum absolute atomic E-state index is 12.3. The number of pyridine rings is 1. The number of carbonyl (C=O) groups is 2. The van der Waals surface area contributed by atoms with E-state index in [4.69, 9.17) is 5.26 Å². The summed E-state index contributed by atoms with van der Waals surface area (Å²) in [6.07, 6.45) is 5.28. The second kappa shape index (κ2) is 6.51. The number of nitrogens with one attached hydrogen (secondary N) is 2. The Morgan fingerprint density at radius 3 is 2.89 bits per heavy atom. The zero-order valence-electron chi connectivity index (χ0n) is 15.5. The van der Waals surface area contributed by atoms with E-state index in [1.165, 1.54) is 0 Å². The lowest BCUT2D eigenvalue weighted by molar-refractivity contribution is -0.132. The van der Waals surface area contributed by atoms with Gasteiger partial charge in [0.25, 0.3) is 0 Å². The quantitative estimate of drug-likeness (QED) is 0.828. The Labute approximate surface area is 162 Å². The van der Waals surface area contributed by atoms with E-state index in [1.807, 2.05) is 29.3 Å². The fraction of sp³-hybridized carbons (Fsp3) is 0.500. The molecule has 2 bridgehead atoms. The molecule has 2 atom stereocenters. The monoisotopic (exact) mass is 378 g/mol. The van der Waals surface area contributed by atoms with E-state index in [9.17, 15) is 9.59 Å². The summed E-state index contributed by atoms with van der Waals surface area (Å²) < 4.78 is 0. The molecule has 0 unspecified atom stereocenters. The first-order valence-electron chi connectivity index (χ1n) is 9.86. The van der Waals surface area contributed by atoms with Gasteiger partial charge in [0.2, 0.25) is 11.8 Å². The third-order valence-corrected chi connectivity index (χ3v) is 6.03. The molecule has 3 fully saturated rings. The van der Waals surface area contributed by atoms with Gasteiger partial charge in [-0.2, -0.15) is 5.26 Å². The minimum Gasteiger partial charge on any atom is -0.364 e.